The molecule has 1 aliphatic heterocycles. The summed E-state index contributed by atoms with van der Waals surface area (Å²) in [4.78, 5) is 15.0. The molecule has 5 nitrogen and oxygen atoms in total. The summed E-state index contributed by atoms with van der Waals surface area (Å²) in [5.41, 5.74) is 2.15. The van der Waals surface area contributed by atoms with Gasteiger partial charge in [-0.1, -0.05) is 6.07 Å². The summed E-state index contributed by atoms with van der Waals surface area (Å²) in [5.74, 6) is 4.89. The number of rotatable bonds is 6. The maximum absolute atomic E-state index is 11.4. The Kier molecular flexibility index (Phi) is 5.33. The molecule has 0 aliphatic carbocycles. The Labute approximate surface area is 117 Å². The monoisotopic (exact) mass is 283 g/mol. The van der Waals surface area contributed by atoms with Crippen molar-refractivity contribution < 1.29 is 9.53 Å². The minimum Gasteiger partial charge on any atom is -0.364 e. The van der Waals surface area contributed by atoms with Crippen LogP contribution in [0.3, 0.4) is 0 Å². The zero-order valence-corrected chi connectivity index (χ0v) is 12.0. The molecule has 1 fully saturated rings. The van der Waals surface area contributed by atoms with Crippen LogP contribution in [0, 0.1) is 0 Å². The van der Waals surface area contributed by atoms with Crippen LogP contribution in [0.5, 0.6) is 0 Å². The Balaban J connectivity index is 1.68. The van der Waals surface area contributed by atoms with Crippen molar-refractivity contribution in [3.05, 3.63) is 22.4 Å². The number of likely N-dealkylation sites (N-methyl/N-ethyl adjacent to an activating group) is 1. The second kappa shape index (κ2) is 7.00. The molecule has 1 aromatic rings. The van der Waals surface area contributed by atoms with Crippen molar-refractivity contribution in [3.8, 4) is 0 Å². The number of nitrogens with zero attached hydrogens (tertiary/aromatic N) is 1. The maximum Gasteiger partial charge on any atom is 0.263 e. The summed E-state index contributed by atoms with van der Waals surface area (Å²) in [6, 6.07) is 4.24. The van der Waals surface area contributed by atoms with Crippen molar-refractivity contribution >= 4 is 17.2 Å². The van der Waals surface area contributed by atoms with Crippen LogP contribution >= 0.6 is 11.3 Å². The van der Waals surface area contributed by atoms with Gasteiger partial charge in [0.05, 0.1) is 6.10 Å². The van der Waals surface area contributed by atoms with Crippen LogP contribution in [-0.2, 0) is 16.0 Å². The first-order valence-electron chi connectivity index (χ1n) is 6.56. The van der Waals surface area contributed by atoms with Crippen LogP contribution in [0.1, 0.15) is 17.7 Å². The number of hydrogen-bond acceptors (Lipinski definition) is 5. The molecule has 0 aromatic carbocycles. The molecule has 1 aliphatic rings. The van der Waals surface area contributed by atoms with Gasteiger partial charge in [-0.05, 0) is 37.8 Å². The van der Waals surface area contributed by atoms with E-state index in [2.05, 4.69) is 34.9 Å². The second-order valence-electron chi connectivity index (χ2n) is 4.92. The van der Waals surface area contributed by atoms with Crippen molar-refractivity contribution in [2.24, 2.45) is 5.84 Å². The van der Waals surface area contributed by atoms with Gasteiger partial charge >= 0.3 is 0 Å². The number of hydrogen-bond donors (Lipinski definition) is 2. The topological polar surface area (TPSA) is 67.6 Å². The van der Waals surface area contributed by atoms with E-state index < -0.39 is 0 Å². The average Bonchev–Trinajstić information content (AvgIpc) is 3.06. The van der Waals surface area contributed by atoms with E-state index in [0.717, 1.165) is 32.4 Å². The number of nitrogens with one attached hydrogen (secondary N) is 1. The third-order valence-corrected chi connectivity index (χ3v) is 4.31. The number of carbonyl (C=O) groups is 1. The number of nitrogens with two attached hydrogens (primary N) is 1. The molecular formula is C13H21N3O2S. The minimum absolute atomic E-state index is 0.135. The van der Waals surface area contributed by atoms with E-state index in [9.17, 15) is 4.79 Å². The highest BCUT2D eigenvalue weighted by Gasteiger charge is 2.30. The molecule has 2 heterocycles. The molecule has 0 radical (unpaired) electrons. The Hall–Kier alpha value is -0.950. The van der Waals surface area contributed by atoms with Gasteiger partial charge in [0.15, 0.2) is 0 Å². The van der Waals surface area contributed by atoms with E-state index >= 15 is 0 Å². The van der Waals surface area contributed by atoms with Crippen LogP contribution < -0.4 is 11.3 Å². The summed E-state index contributed by atoms with van der Waals surface area (Å²) in [6.45, 7) is 1.87. The molecule has 0 spiro atoms. The first-order valence-corrected chi connectivity index (χ1v) is 7.44. The number of hydrazine groups is 1. The summed E-state index contributed by atoms with van der Waals surface area (Å²) in [6.07, 6.45) is 2.50. The molecule has 2 unspecified atom stereocenters. The van der Waals surface area contributed by atoms with Crippen molar-refractivity contribution in [3.63, 3.8) is 0 Å². The van der Waals surface area contributed by atoms with Crippen LogP contribution in [0.15, 0.2) is 17.5 Å². The third kappa shape index (κ3) is 4.28. The fourth-order valence-corrected chi connectivity index (χ4v) is 3.02. The van der Waals surface area contributed by atoms with E-state index in [4.69, 9.17) is 10.6 Å². The van der Waals surface area contributed by atoms with Crippen molar-refractivity contribution in [1.29, 1.82) is 0 Å². The average molecular weight is 283 g/mol. The molecular weight excluding hydrogens is 262 g/mol. The summed E-state index contributed by atoms with van der Waals surface area (Å²) in [5, 5.41) is 2.10. The highest BCUT2D eigenvalue weighted by atomic mass is 32.1. The lowest BCUT2D eigenvalue weighted by Gasteiger charge is -2.20. The zero-order chi connectivity index (χ0) is 13.7. The van der Waals surface area contributed by atoms with Crippen molar-refractivity contribution in [1.82, 2.24) is 10.3 Å². The van der Waals surface area contributed by atoms with E-state index in [1.165, 1.54) is 4.88 Å². The van der Waals surface area contributed by atoms with E-state index in [1.807, 2.05) is 0 Å². The second-order valence-corrected chi connectivity index (χ2v) is 5.96. The van der Waals surface area contributed by atoms with Crippen molar-refractivity contribution in [2.45, 2.75) is 31.5 Å². The molecule has 2 rings (SSSR count). The Morgan fingerprint density at radius 2 is 2.47 bits per heavy atom. The van der Waals surface area contributed by atoms with Gasteiger partial charge in [0.25, 0.3) is 5.91 Å². The highest BCUT2D eigenvalue weighted by molar-refractivity contribution is 7.09. The smallest absolute Gasteiger partial charge is 0.263 e. The standard InChI is InChI=1S/C13H21N3O2S/c1-16(7-6-11-3-2-8-19-11)9-10-4-5-12(18-10)13(17)15-14/h2-3,8,10,12H,4-7,9,14H2,1H3,(H,15,17). The van der Waals surface area contributed by atoms with Gasteiger partial charge in [-0.2, -0.15) is 0 Å². The predicted octanol–water partition coefficient (Wildman–Crippen LogP) is 0.760. The van der Waals surface area contributed by atoms with Gasteiger partial charge < -0.3 is 9.64 Å². The quantitative estimate of drug-likeness (QED) is 0.459. The lowest BCUT2D eigenvalue weighted by atomic mass is 10.2. The lowest BCUT2D eigenvalue weighted by molar-refractivity contribution is -0.132. The van der Waals surface area contributed by atoms with E-state index in [-0.39, 0.29) is 18.1 Å². The Morgan fingerprint density at radius 3 is 3.16 bits per heavy atom. The molecule has 19 heavy (non-hydrogen) atoms. The number of ether oxygens (including phenoxy) is 1. The Bertz CT molecular complexity index is 397. The van der Waals surface area contributed by atoms with Gasteiger partial charge in [0, 0.05) is 18.0 Å². The first-order chi connectivity index (χ1) is 9.19. The summed E-state index contributed by atoms with van der Waals surface area (Å²) in [7, 11) is 2.09. The van der Waals surface area contributed by atoms with Crippen LogP contribution in [-0.4, -0.2) is 43.2 Å². The SMILES string of the molecule is CN(CCc1cccs1)CC1CCC(C(=O)NN)O1. The van der Waals surface area contributed by atoms with Crippen LogP contribution in [0.4, 0.5) is 0 Å². The third-order valence-electron chi connectivity index (χ3n) is 3.38. The maximum atomic E-state index is 11.4. The molecule has 2 atom stereocenters. The fourth-order valence-electron chi connectivity index (χ4n) is 2.32. The molecule has 6 heteroatoms. The molecule has 1 saturated heterocycles. The van der Waals surface area contributed by atoms with Gasteiger partial charge in [0.1, 0.15) is 6.10 Å². The molecule has 0 bridgehead atoms. The zero-order valence-electron chi connectivity index (χ0n) is 11.2. The minimum atomic E-state index is -0.374. The molecule has 106 valence electrons. The fraction of sp³-hybridized carbons (Fsp3) is 0.615. The summed E-state index contributed by atoms with van der Waals surface area (Å²) >= 11 is 1.79. The highest BCUT2D eigenvalue weighted by Crippen LogP contribution is 2.20. The van der Waals surface area contributed by atoms with E-state index in [0.29, 0.717) is 0 Å². The normalized spacial score (nSPS) is 22.9. The van der Waals surface area contributed by atoms with Crippen molar-refractivity contribution in [2.75, 3.05) is 20.1 Å². The van der Waals surface area contributed by atoms with Crippen LogP contribution in [0.2, 0.25) is 0 Å². The molecule has 0 saturated carbocycles. The Morgan fingerprint density at radius 1 is 1.63 bits per heavy atom. The van der Waals surface area contributed by atoms with Gasteiger partial charge in [-0.25, -0.2) is 5.84 Å². The van der Waals surface area contributed by atoms with Crippen LogP contribution in [0.25, 0.3) is 0 Å². The number of thiophene rings is 1. The van der Waals surface area contributed by atoms with Gasteiger partial charge in [0.2, 0.25) is 0 Å². The molecule has 1 aromatic heterocycles. The lowest BCUT2D eigenvalue weighted by Crippen LogP contribution is -2.40. The first kappa shape index (κ1) is 14.5. The molecule has 1 amide bonds. The van der Waals surface area contributed by atoms with Gasteiger partial charge in [-0.3, -0.25) is 10.2 Å². The van der Waals surface area contributed by atoms with E-state index in [1.54, 1.807) is 11.3 Å². The largest absolute Gasteiger partial charge is 0.364 e. The summed E-state index contributed by atoms with van der Waals surface area (Å²) < 4.78 is 5.69. The predicted molar refractivity (Wildman–Crippen MR) is 75.7 cm³/mol. The number of carbonyl (C=O) groups excluding carboxylic acids is 1. The van der Waals surface area contributed by atoms with Gasteiger partial charge in [-0.15, -0.1) is 11.3 Å². The number of amides is 1. The molecule has 3 N–H and O–H groups in total.